The Morgan fingerprint density at radius 2 is 1.57 bits per heavy atom. The zero-order valence-corrected chi connectivity index (χ0v) is 22.4. The molecule has 0 aliphatic rings. The van der Waals surface area contributed by atoms with Crippen molar-refractivity contribution in [1.29, 1.82) is 0 Å². The van der Waals surface area contributed by atoms with Crippen LogP contribution in [0, 0.1) is 5.82 Å². The van der Waals surface area contributed by atoms with E-state index in [1.54, 1.807) is 18.2 Å². The van der Waals surface area contributed by atoms with Gasteiger partial charge in [-0.25, -0.2) is 4.39 Å². The SMILES string of the molecule is NCCOCCOCCNC(=O)Cc1ccc(Nc2nc(NCCCO)nc(NCc3ccccc3F)n2)cc1. The van der Waals surface area contributed by atoms with Crippen LogP contribution in [0.5, 0.6) is 0 Å². The smallest absolute Gasteiger partial charge is 0.233 e. The Morgan fingerprint density at radius 3 is 2.30 bits per heavy atom. The van der Waals surface area contributed by atoms with Crippen molar-refractivity contribution < 1.29 is 23.8 Å². The van der Waals surface area contributed by atoms with Crippen molar-refractivity contribution in [2.24, 2.45) is 5.73 Å². The maximum atomic E-state index is 14.0. The van der Waals surface area contributed by atoms with Crippen molar-refractivity contribution in [2.45, 2.75) is 19.4 Å². The van der Waals surface area contributed by atoms with Crippen LogP contribution in [0.4, 0.5) is 27.9 Å². The number of nitrogens with zero attached hydrogens (tertiary/aromatic N) is 3. The number of aliphatic hydroxyl groups excluding tert-OH is 1. The highest BCUT2D eigenvalue weighted by Crippen LogP contribution is 2.18. The molecule has 0 spiro atoms. The Hall–Kier alpha value is -3.91. The molecule has 0 saturated heterocycles. The predicted molar refractivity (Wildman–Crippen MR) is 151 cm³/mol. The van der Waals surface area contributed by atoms with Crippen molar-refractivity contribution in [3.05, 3.63) is 65.5 Å². The van der Waals surface area contributed by atoms with Crippen LogP contribution in [0.1, 0.15) is 17.5 Å². The highest BCUT2D eigenvalue weighted by atomic mass is 19.1. The molecule has 7 N–H and O–H groups in total. The van der Waals surface area contributed by atoms with Gasteiger partial charge in [-0.3, -0.25) is 4.79 Å². The van der Waals surface area contributed by atoms with Gasteiger partial charge in [0.25, 0.3) is 0 Å². The second-order valence-electron chi connectivity index (χ2n) is 8.62. The molecule has 3 rings (SSSR count). The Balaban J connectivity index is 1.52. The summed E-state index contributed by atoms with van der Waals surface area (Å²) in [7, 11) is 0. The van der Waals surface area contributed by atoms with E-state index in [4.69, 9.17) is 20.3 Å². The molecule has 2 aromatic carbocycles. The number of nitrogens with one attached hydrogen (secondary N) is 4. The summed E-state index contributed by atoms with van der Waals surface area (Å²) in [6.45, 7) is 3.42. The molecule has 0 unspecified atom stereocenters. The summed E-state index contributed by atoms with van der Waals surface area (Å²) in [5.41, 5.74) is 7.38. The molecule has 0 bridgehead atoms. The van der Waals surface area contributed by atoms with Crippen LogP contribution in [0.25, 0.3) is 0 Å². The van der Waals surface area contributed by atoms with E-state index in [1.807, 2.05) is 24.3 Å². The highest BCUT2D eigenvalue weighted by Gasteiger charge is 2.09. The molecule has 12 nitrogen and oxygen atoms in total. The minimum absolute atomic E-state index is 0.0325. The van der Waals surface area contributed by atoms with Crippen molar-refractivity contribution >= 4 is 29.4 Å². The largest absolute Gasteiger partial charge is 0.396 e. The van der Waals surface area contributed by atoms with Gasteiger partial charge >= 0.3 is 0 Å². The van der Waals surface area contributed by atoms with Crippen LogP contribution >= 0.6 is 0 Å². The number of aliphatic hydroxyl groups is 1. The molecule has 0 aliphatic heterocycles. The number of amides is 1. The second-order valence-corrected chi connectivity index (χ2v) is 8.62. The van der Waals surface area contributed by atoms with Gasteiger partial charge in [0.2, 0.25) is 23.8 Å². The van der Waals surface area contributed by atoms with Crippen LogP contribution in [0.15, 0.2) is 48.5 Å². The quantitative estimate of drug-likeness (QED) is 0.119. The van der Waals surface area contributed by atoms with Gasteiger partial charge in [0, 0.05) is 44.0 Å². The van der Waals surface area contributed by atoms with E-state index in [0.717, 1.165) is 5.56 Å². The van der Waals surface area contributed by atoms with Gasteiger partial charge in [-0.1, -0.05) is 30.3 Å². The van der Waals surface area contributed by atoms with Crippen LogP contribution in [0.3, 0.4) is 0 Å². The molecule has 1 heterocycles. The van der Waals surface area contributed by atoms with Crippen molar-refractivity contribution in [1.82, 2.24) is 20.3 Å². The zero-order valence-electron chi connectivity index (χ0n) is 22.4. The van der Waals surface area contributed by atoms with E-state index < -0.39 is 0 Å². The number of carbonyl (C=O) groups is 1. The molecule has 0 fully saturated rings. The fraction of sp³-hybridized carbons (Fsp3) is 0.407. The van der Waals surface area contributed by atoms with E-state index in [2.05, 4.69) is 36.2 Å². The summed E-state index contributed by atoms with van der Waals surface area (Å²) in [5, 5.41) is 21.1. The first-order valence-electron chi connectivity index (χ1n) is 13.1. The average molecular weight is 557 g/mol. The van der Waals surface area contributed by atoms with Gasteiger partial charge in [0.15, 0.2) is 0 Å². The van der Waals surface area contributed by atoms with Crippen LogP contribution in [-0.2, 0) is 27.2 Å². The van der Waals surface area contributed by atoms with Crippen molar-refractivity contribution in [2.75, 3.05) is 68.6 Å². The Bertz CT molecular complexity index is 1170. The fourth-order valence-corrected chi connectivity index (χ4v) is 3.44. The lowest BCUT2D eigenvalue weighted by Gasteiger charge is -2.12. The summed E-state index contributed by atoms with van der Waals surface area (Å²) in [5.74, 6) is 0.409. The molecule has 13 heteroatoms. The van der Waals surface area contributed by atoms with E-state index in [0.29, 0.717) is 69.7 Å². The molecule has 40 heavy (non-hydrogen) atoms. The van der Waals surface area contributed by atoms with Gasteiger partial charge in [-0.05, 0) is 30.2 Å². The average Bonchev–Trinajstić information content (AvgIpc) is 2.95. The summed E-state index contributed by atoms with van der Waals surface area (Å²) in [4.78, 5) is 25.3. The van der Waals surface area contributed by atoms with Crippen LogP contribution < -0.4 is 27.0 Å². The number of rotatable bonds is 19. The van der Waals surface area contributed by atoms with Crippen molar-refractivity contribution in [3.8, 4) is 0 Å². The number of ether oxygens (including phenoxy) is 2. The van der Waals surface area contributed by atoms with Gasteiger partial charge in [0.05, 0.1) is 32.8 Å². The van der Waals surface area contributed by atoms with Crippen molar-refractivity contribution in [3.63, 3.8) is 0 Å². The Kier molecular flexibility index (Phi) is 13.5. The summed E-state index contributed by atoms with van der Waals surface area (Å²) < 4.78 is 24.6. The topological polar surface area (TPSA) is 169 Å². The molecule has 3 aromatic rings. The first-order chi connectivity index (χ1) is 19.6. The molecule has 216 valence electrons. The number of hydrogen-bond acceptors (Lipinski definition) is 11. The number of carbonyl (C=O) groups excluding carboxylic acids is 1. The first-order valence-corrected chi connectivity index (χ1v) is 13.1. The van der Waals surface area contributed by atoms with E-state index >= 15 is 0 Å². The monoisotopic (exact) mass is 556 g/mol. The van der Waals surface area contributed by atoms with E-state index in [9.17, 15) is 9.18 Å². The van der Waals surface area contributed by atoms with Crippen LogP contribution in [0.2, 0.25) is 0 Å². The number of halogens is 1. The fourth-order valence-electron chi connectivity index (χ4n) is 3.44. The van der Waals surface area contributed by atoms with Gasteiger partial charge in [-0.15, -0.1) is 0 Å². The Morgan fingerprint density at radius 1 is 0.875 bits per heavy atom. The molecule has 1 amide bonds. The molecular weight excluding hydrogens is 519 g/mol. The minimum atomic E-state index is -0.324. The Labute approximate surface area is 232 Å². The zero-order chi connectivity index (χ0) is 28.4. The molecule has 1 aromatic heterocycles. The molecular formula is C27H37FN8O4. The number of anilines is 4. The standard InChI is InChI=1S/C27H37FN8O4/c28-23-5-2-1-4-21(23)19-32-26-34-25(31-11-3-13-37)35-27(36-26)33-22-8-6-20(7-9-22)18-24(38)30-12-15-40-17-16-39-14-10-29/h1-2,4-9,37H,3,10-19,29H2,(H,30,38)(H3,31,32,33,34,35,36). The maximum absolute atomic E-state index is 14.0. The summed E-state index contributed by atoms with van der Waals surface area (Å²) >= 11 is 0. The third-order valence-electron chi connectivity index (χ3n) is 5.43. The minimum Gasteiger partial charge on any atom is -0.396 e. The third-order valence-corrected chi connectivity index (χ3v) is 5.43. The van der Waals surface area contributed by atoms with Gasteiger partial charge in [0.1, 0.15) is 5.82 Å². The van der Waals surface area contributed by atoms with E-state index in [1.165, 1.54) is 6.07 Å². The highest BCUT2D eigenvalue weighted by molar-refractivity contribution is 5.78. The maximum Gasteiger partial charge on any atom is 0.233 e. The summed E-state index contributed by atoms with van der Waals surface area (Å²) in [6.07, 6.45) is 0.757. The number of aromatic nitrogens is 3. The van der Waals surface area contributed by atoms with Gasteiger partial charge < -0.3 is 41.6 Å². The molecule has 0 saturated carbocycles. The van der Waals surface area contributed by atoms with Crippen LogP contribution in [-0.4, -0.2) is 78.6 Å². The third kappa shape index (κ3) is 11.5. The molecule has 0 radical (unpaired) electrons. The number of hydrogen-bond donors (Lipinski definition) is 6. The lowest BCUT2D eigenvalue weighted by Crippen LogP contribution is -2.29. The molecule has 0 atom stereocenters. The molecule has 0 aliphatic carbocycles. The second kappa shape index (κ2) is 17.6. The van der Waals surface area contributed by atoms with Gasteiger partial charge in [-0.2, -0.15) is 15.0 Å². The van der Waals surface area contributed by atoms with E-state index in [-0.39, 0.29) is 43.2 Å². The lowest BCUT2D eigenvalue weighted by molar-refractivity contribution is -0.120. The summed E-state index contributed by atoms with van der Waals surface area (Å²) in [6, 6.07) is 13.8. The lowest BCUT2D eigenvalue weighted by atomic mass is 10.1. The normalized spacial score (nSPS) is 10.8. The number of benzene rings is 2. The predicted octanol–water partition coefficient (Wildman–Crippen LogP) is 1.81. The number of nitrogens with two attached hydrogens (primary N) is 1. The first kappa shape index (κ1) is 30.6.